The first-order valence-corrected chi connectivity index (χ1v) is 5.50. The normalized spacial score (nSPS) is 19.9. The van der Waals surface area contributed by atoms with Gasteiger partial charge in [-0.25, -0.2) is 4.79 Å². The highest BCUT2D eigenvalue weighted by molar-refractivity contribution is 5.81. The molecular formula is C12H20O3. The first-order chi connectivity index (χ1) is 6.95. The molecule has 3 nitrogen and oxygen atoms in total. The molecule has 0 aromatic heterocycles. The molecule has 1 aliphatic carbocycles. The molecule has 3 heteroatoms. The van der Waals surface area contributed by atoms with Crippen LogP contribution in [0.3, 0.4) is 0 Å². The van der Waals surface area contributed by atoms with Crippen molar-refractivity contribution in [3.05, 3.63) is 12.7 Å². The number of esters is 1. The molecule has 1 unspecified atom stereocenters. The predicted molar refractivity (Wildman–Crippen MR) is 58.3 cm³/mol. The van der Waals surface area contributed by atoms with Crippen molar-refractivity contribution in [2.45, 2.75) is 51.2 Å². The Morgan fingerprint density at radius 2 is 2.07 bits per heavy atom. The fourth-order valence-corrected chi connectivity index (χ4v) is 2.25. The molecule has 0 saturated heterocycles. The first kappa shape index (κ1) is 12.2. The molecule has 86 valence electrons. The predicted octanol–water partition coefficient (Wildman–Crippen LogP) is 2.05. The second-order valence-corrected chi connectivity index (χ2v) is 4.76. The van der Waals surface area contributed by atoms with E-state index in [1.165, 1.54) is 0 Å². The zero-order chi connectivity index (χ0) is 11.5. The van der Waals surface area contributed by atoms with E-state index in [4.69, 9.17) is 4.74 Å². The van der Waals surface area contributed by atoms with Crippen molar-refractivity contribution >= 4 is 5.97 Å². The van der Waals surface area contributed by atoms with Crippen LogP contribution in [0.4, 0.5) is 0 Å². The second-order valence-electron chi connectivity index (χ2n) is 4.76. The Kier molecular flexibility index (Phi) is 3.91. The molecular weight excluding hydrogens is 192 g/mol. The van der Waals surface area contributed by atoms with Gasteiger partial charge >= 0.3 is 5.97 Å². The maximum atomic E-state index is 11.2. The second kappa shape index (κ2) is 4.79. The van der Waals surface area contributed by atoms with Crippen molar-refractivity contribution in [2.75, 3.05) is 0 Å². The van der Waals surface area contributed by atoms with E-state index in [0.717, 1.165) is 31.8 Å². The standard InChI is InChI=1S/C12H20O3/c1-4-10(13)15-11(12(2,3)14)9-7-5-6-8-9/h4,9,11,14H,1,5-8H2,2-3H3. The average Bonchev–Trinajstić information content (AvgIpc) is 2.64. The summed E-state index contributed by atoms with van der Waals surface area (Å²) in [6.45, 7) is 6.74. The van der Waals surface area contributed by atoms with Crippen LogP contribution in [0, 0.1) is 5.92 Å². The molecule has 0 spiro atoms. The van der Waals surface area contributed by atoms with Gasteiger partial charge in [-0.3, -0.25) is 0 Å². The SMILES string of the molecule is C=CC(=O)OC(C1CCCC1)C(C)(C)O. The summed E-state index contributed by atoms with van der Waals surface area (Å²) in [5, 5.41) is 9.97. The minimum Gasteiger partial charge on any atom is -0.456 e. The first-order valence-electron chi connectivity index (χ1n) is 5.50. The summed E-state index contributed by atoms with van der Waals surface area (Å²) in [5.41, 5.74) is -0.978. The molecule has 1 fully saturated rings. The van der Waals surface area contributed by atoms with Crippen LogP contribution in [0.5, 0.6) is 0 Å². The molecule has 1 atom stereocenters. The summed E-state index contributed by atoms with van der Waals surface area (Å²) in [4.78, 5) is 11.2. The van der Waals surface area contributed by atoms with Gasteiger partial charge < -0.3 is 9.84 Å². The van der Waals surface area contributed by atoms with Crippen LogP contribution in [0.1, 0.15) is 39.5 Å². The molecule has 0 bridgehead atoms. The lowest BCUT2D eigenvalue weighted by molar-refractivity contribution is -0.162. The molecule has 0 radical (unpaired) electrons. The van der Waals surface area contributed by atoms with E-state index in [0.29, 0.717) is 0 Å². The van der Waals surface area contributed by atoms with E-state index in [9.17, 15) is 9.90 Å². The summed E-state index contributed by atoms with van der Waals surface area (Å²) in [7, 11) is 0. The topological polar surface area (TPSA) is 46.5 Å². The maximum Gasteiger partial charge on any atom is 0.330 e. The average molecular weight is 212 g/mol. The number of hydrogen-bond acceptors (Lipinski definition) is 3. The van der Waals surface area contributed by atoms with Crippen LogP contribution in [0.2, 0.25) is 0 Å². The molecule has 1 saturated carbocycles. The molecule has 0 aromatic carbocycles. The zero-order valence-corrected chi connectivity index (χ0v) is 9.53. The highest BCUT2D eigenvalue weighted by Gasteiger charge is 2.38. The number of aliphatic hydroxyl groups is 1. The van der Waals surface area contributed by atoms with Crippen molar-refractivity contribution in [3.63, 3.8) is 0 Å². The van der Waals surface area contributed by atoms with Gasteiger partial charge in [-0.05, 0) is 32.6 Å². The van der Waals surface area contributed by atoms with Crippen LogP contribution < -0.4 is 0 Å². The Labute approximate surface area is 91.1 Å². The summed E-state index contributed by atoms with van der Waals surface area (Å²) in [5.74, 6) is -0.164. The Balaban J connectivity index is 2.68. The lowest BCUT2D eigenvalue weighted by atomic mass is 9.88. The Morgan fingerprint density at radius 1 is 1.53 bits per heavy atom. The molecule has 0 aromatic rings. The van der Waals surface area contributed by atoms with Gasteiger partial charge in [-0.1, -0.05) is 19.4 Å². The van der Waals surface area contributed by atoms with Gasteiger partial charge in [0.1, 0.15) is 6.10 Å². The van der Waals surface area contributed by atoms with Crippen LogP contribution in [-0.4, -0.2) is 22.8 Å². The fraction of sp³-hybridized carbons (Fsp3) is 0.750. The fourth-order valence-electron chi connectivity index (χ4n) is 2.25. The highest BCUT2D eigenvalue weighted by atomic mass is 16.6. The van der Waals surface area contributed by atoms with E-state index in [2.05, 4.69) is 6.58 Å². The molecule has 1 rings (SSSR count). The third-order valence-electron chi connectivity index (χ3n) is 2.93. The zero-order valence-electron chi connectivity index (χ0n) is 9.53. The van der Waals surface area contributed by atoms with Crippen molar-refractivity contribution in [1.82, 2.24) is 0 Å². The van der Waals surface area contributed by atoms with E-state index >= 15 is 0 Å². The summed E-state index contributed by atoms with van der Waals surface area (Å²) in [6, 6.07) is 0. The Hall–Kier alpha value is -0.830. The smallest absolute Gasteiger partial charge is 0.330 e. The molecule has 1 aliphatic rings. The number of rotatable bonds is 4. The van der Waals surface area contributed by atoms with Crippen molar-refractivity contribution in [3.8, 4) is 0 Å². The van der Waals surface area contributed by atoms with E-state index in [-0.39, 0.29) is 5.92 Å². The highest BCUT2D eigenvalue weighted by Crippen LogP contribution is 2.34. The van der Waals surface area contributed by atoms with Gasteiger partial charge in [0.25, 0.3) is 0 Å². The maximum absolute atomic E-state index is 11.2. The van der Waals surface area contributed by atoms with Crippen LogP contribution >= 0.6 is 0 Å². The number of carbonyl (C=O) groups excluding carboxylic acids is 1. The number of ether oxygens (including phenoxy) is 1. The minimum absolute atomic E-state index is 0.286. The van der Waals surface area contributed by atoms with Gasteiger partial charge in [-0.15, -0.1) is 0 Å². The summed E-state index contributed by atoms with van der Waals surface area (Å²) in [6.07, 6.45) is 5.10. The quantitative estimate of drug-likeness (QED) is 0.573. The molecule has 0 amide bonds. The monoisotopic (exact) mass is 212 g/mol. The van der Waals surface area contributed by atoms with Gasteiger partial charge in [-0.2, -0.15) is 0 Å². The molecule has 0 heterocycles. The van der Waals surface area contributed by atoms with Crippen molar-refractivity contribution < 1.29 is 14.6 Å². The summed E-state index contributed by atoms with van der Waals surface area (Å²) >= 11 is 0. The van der Waals surface area contributed by atoms with Crippen molar-refractivity contribution in [1.29, 1.82) is 0 Å². The molecule has 15 heavy (non-hydrogen) atoms. The van der Waals surface area contributed by atoms with E-state index < -0.39 is 17.7 Å². The van der Waals surface area contributed by atoms with Crippen LogP contribution in [-0.2, 0) is 9.53 Å². The lowest BCUT2D eigenvalue weighted by Gasteiger charge is -2.33. The number of hydrogen-bond donors (Lipinski definition) is 1. The number of carbonyl (C=O) groups is 1. The Morgan fingerprint density at radius 3 is 2.47 bits per heavy atom. The lowest BCUT2D eigenvalue weighted by Crippen LogP contribution is -2.44. The van der Waals surface area contributed by atoms with E-state index in [1.807, 2.05) is 0 Å². The molecule has 1 N–H and O–H groups in total. The Bertz CT molecular complexity index is 234. The third kappa shape index (κ3) is 3.34. The van der Waals surface area contributed by atoms with E-state index in [1.54, 1.807) is 13.8 Å². The van der Waals surface area contributed by atoms with Crippen molar-refractivity contribution in [2.24, 2.45) is 5.92 Å². The summed E-state index contributed by atoms with van der Waals surface area (Å²) < 4.78 is 5.24. The van der Waals surface area contributed by atoms with Gasteiger partial charge in [0, 0.05) is 6.08 Å². The van der Waals surface area contributed by atoms with Crippen LogP contribution in [0.15, 0.2) is 12.7 Å². The third-order valence-corrected chi connectivity index (χ3v) is 2.93. The van der Waals surface area contributed by atoms with Gasteiger partial charge in [0.15, 0.2) is 0 Å². The minimum atomic E-state index is -0.978. The van der Waals surface area contributed by atoms with Gasteiger partial charge in [0.2, 0.25) is 0 Å². The molecule has 0 aliphatic heterocycles. The van der Waals surface area contributed by atoms with Gasteiger partial charge in [0.05, 0.1) is 5.60 Å². The van der Waals surface area contributed by atoms with Crippen LogP contribution in [0.25, 0.3) is 0 Å². The largest absolute Gasteiger partial charge is 0.456 e.